The van der Waals surface area contributed by atoms with E-state index >= 15 is 0 Å². The molecular weight excluding hydrogens is 189 g/mol. The SMILES string of the molecule is CC(C)C(C)(Cl)NC(=O)O.Cl. The van der Waals surface area contributed by atoms with Crippen molar-refractivity contribution in [3.8, 4) is 0 Å². The predicted octanol–water partition coefficient (Wildman–Crippen LogP) is 2.29. The Hall–Kier alpha value is -0.150. The van der Waals surface area contributed by atoms with Crippen LogP contribution in [0.2, 0.25) is 0 Å². The first-order valence-electron chi connectivity index (χ1n) is 3.06. The number of rotatable bonds is 2. The van der Waals surface area contributed by atoms with Crippen molar-refractivity contribution in [1.82, 2.24) is 5.32 Å². The van der Waals surface area contributed by atoms with Crippen molar-refractivity contribution in [2.45, 2.75) is 25.8 Å². The second kappa shape index (κ2) is 4.67. The molecule has 2 N–H and O–H groups in total. The van der Waals surface area contributed by atoms with E-state index in [-0.39, 0.29) is 18.3 Å². The molecule has 0 aliphatic rings. The van der Waals surface area contributed by atoms with Crippen LogP contribution in [-0.2, 0) is 0 Å². The monoisotopic (exact) mass is 201 g/mol. The fraction of sp³-hybridized carbons (Fsp3) is 0.833. The zero-order valence-corrected chi connectivity index (χ0v) is 8.29. The van der Waals surface area contributed by atoms with E-state index in [1.54, 1.807) is 6.92 Å². The molecule has 0 aliphatic carbocycles. The number of nitrogens with one attached hydrogen (secondary N) is 1. The minimum atomic E-state index is -1.09. The topological polar surface area (TPSA) is 49.3 Å². The lowest BCUT2D eigenvalue weighted by atomic mass is 10.1. The van der Waals surface area contributed by atoms with Crippen LogP contribution in [0.1, 0.15) is 20.8 Å². The molecule has 0 aromatic heterocycles. The van der Waals surface area contributed by atoms with Gasteiger partial charge in [-0.25, -0.2) is 4.79 Å². The van der Waals surface area contributed by atoms with Crippen LogP contribution in [0.3, 0.4) is 0 Å². The van der Waals surface area contributed by atoms with E-state index in [1.807, 2.05) is 13.8 Å². The van der Waals surface area contributed by atoms with Gasteiger partial charge in [0, 0.05) is 0 Å². The summed E-state index contributed by atoms with van der Waals surface area (Å²) in [5, 5.41) is 10.5. The molecule has 0 aromatic rings. The predicted molar refractivity (Wildman–Crippen MR) is 47.5 cm³/mol. The van der Waals surface area contributed by atoms with Gasteiger partial charge in [0.15, 0.2) is 0 Å². The van der Waals surface area contributed by atoms with Crippen LogP contribution in [0.5, 0.6) is 0 Å². The Kier molecular flexibility index (Phi) is 5.71. The van der Waals surface area contributed by atoms with E-state index in [0.717, 1.165) is 0 Å². The fourth-order valence-electron chi connectivity index (χ4n) is 0.353. The van der Waals surface area contributed by atoms with E-state index in [9.17, 15) is 4.79 Å². The summed E-state index contributed by atoms with van der Waals surface area (Å²) in [5.41, 5.74) is 0. The maximum Gasteiger partial charge on any atom is 0.406 e. The first-order chi connectivity index (χ1) is 4.36. The zero-order chi connectivity index (χ0) is 8.36. The number of hydrogen-bond acceptors (Lipinski definition) is 1. The normalized spacial score (nSPS) is 15.0. The van der Waals surface area contributed by atoms with Crippen molar-refractivity contribution in [1.29, 1.82) is 0 Å². The van der Waals surface area contributed by atoms with Crippen LogP contribution in [-0.4, -0.2) is 16.2 Å². The van der Waals surface area contributed by atoms with Gasteiger partial charge in [0.1, 0.15) is 5.00 Å². The third-order valence-electron chi connectivity index (χ3n) is 1.44. The molecule has 0 saturated heterocycles. The van der Waals surface area contributed by atoms with E-state index in [0.29, 0.717) is 0 Å². The minimum Gasteiger partial charge on any atom is -0.465 e. The molecule has 3 nitrogen and oxygen atoms in total. The molecule has 0 fully saturated rings. The van der Waals surface area contributed by atoms with Crippen molar-refractivity contribution in [3.63, 3.8) is 0 Å². The number of halogens is 2. The molecule has 0 aliphatic heterocycles. The van der Waals surface area contributed by atoms with Gasteiger partial charge < -0.3 is 10.4 Å². The van der Waals surface area contributed by atoms with Crippen LogP contribution in [0, 0.1) is 5.92 Å². The highest BCUT2D eigenvalue weighted by molar-refractivity contribution is 6.24. The van der Waals surface area contributed by atoms with Gasteiger partial charge in [0.25, 0.3) is 0 Å². The highest BCUT2D eigenvalue weighted by Gasteiger charge is 2.26. The quantitative estimate of drug-likeness (QED) is 0.533. The Balaban J connectivity index is 0. The second-order valence-electron chi connectivity index (χ2n) is 2.66. The van der Waals surface area contributed by atoms with Crippen LogP contribution >= 0.6 is 24.0 Å². The number of carbonyl (C=O) groups is 1. The lowest BCUT2D eigenvalue weighted by molar-refractivity contribution is 0.183. The van der Waals surface area contributed by atoms with Gasteiger partial charge in [0.05, 0.1) is 0 Å². The van der Waals surface area contributed by atoms with Gasteiger partial charge in [0.2, 0.25) is 0 Å². The van der Waals surface area contributed by atoms with Crippen LogP contribution in [0.25, 0.3) is 0 Å². The average Bonchev–Trinajstić information content (AvgIpc) is 1.60. The Morgan fingerprint density at radius 1 is 1.64 bits per heavy atom. The highest BCUT2D eigenvalue weighted by atomic mass is 35.5. The number of alkyl halides is 1. The molecule has 1 amide bonds. The third kappa shape index (κ3) is 5.16. The maximum absolute atomic E-state index is 10.1. The molecule has 0 spiro atoms. The van der Waals surface area contributed by atoms with Gasteiger partial charge >= 0.3 is 6.09 Å². The van der Waals surface area contributed by atoms with E-state index in [4.69, 9.17) is 16.7 Å². The second-order valence-corrected chi connectivity index (χ2v) is 3.45. The van der Waals surface area contributed by atoms with Crippen LogP contribution in [0.4, 0.5) is 4.79 Å². The first kappa shape index (κ1) is 13.4. The molecule has 1 unspecified atom stereocenters. The molecule has 5 heteroatoms. The van der Waals surface area contributed by atoms with E-state index < -0.39 is 11.1 Å². The zero-order valence-electron chi connectivity index (χ0n) is 6.72. The largest absolute Gasteiger partial charge is 0.465 e. The van der Waals surface area contributed by atoms with Crippen molar-refractivity contribution in [2.24, 2.45) is 5.92 Å². The first-order valence-corrected chi connectivity index (χ1v) is 3.44. The number of hydrogen-bond donors (Lipinski definition) is 2. The molecule has 0 radical (unpaired) electrons. The average molecular weight is 202 g/mol. The Morgan fingerprint density at radius 2 is 2.00 bits per heavy atom. The van der Waals surface area contributed by atoms with Crippen molar-refractivity contribution in [3.05, 3.63) is 0 Å². The molecule has 68 valence electrons. The van der Waals surface area contributed by atoms with Crippen molar-refractivity contribution < 1.29 is 9.90 Å². The van der Waals surface area contributed by atoms with Gasteiger partial charge in [-0.3, -0.25) is 0 Å². The molecule has 1 atom stereocenters. The van der Waals surface area contributed by atoms with Crippen molar-refractivity contribution >= 4 is 30.1 Å². The third-order valence-corrected chi connectivity index (χ3v) is 1.97. The van der Waals surface area contributed by atoms with Crippen molar-refractivity contribution in [2.75, 3.05) is 0 Å². The summed E-state index contributed by atoms with van der Waals surface area (Å²) >= 11 is 5.77. The summed E-state index contributed by atoms with van der Waals surface area (Å²) in [6.07, 6.45) is -1.09. The maximum atomic E-state index is 10.1. The minimum absolute atomic E-state index is 0. The van der Waals surface area contributed by atoms with Crippen LogP contribution < -0.4 is 5.32 Å². The molecule has 11 heavy (non-hydrogen) atoms. The summed E-state index contributed by atoms with van der Waals surface area (Å²) in [6, 6.07) is 0. The Morgan fingerprint density at radius 3 is 2.09 bits per heavy atom. The summed E-state index contributed by atoms with van der Waals surface area (Å²) < 4.78 is 0. The summed E-state index contributed by atoms with van der Waals surface area (Å²) in [7, 11) is 0. The number of amides is 1. The molecule has 0 bridgehead atoms. The molecule has 0 aromatic carbocycles. The molecule has 0 heterocycles. The molecule has 0 rings (SSSR count). The lowest BCUT2D eigenvalue weighted by Crippen LogP contribution is -2.44. The highest BCUT2D eigenvalue weighted by Crippen LogP contribution is 2.20. The molecule has 0 saturated carbocycles. The van der Waals surface area contributed by atoms with Gasteiger partial charge in [-0.1, -0.05) is 25.4 Å². The fourth-order valence-corrected chi connectivity index (χ4v) is 0.434. The van der Waals surface area contributed by atoms with E-state index in [1.165, 1.54) is 0 Å². The lowest BCUT2D eigenvalue weighted by Gasteiger charge is -2.25. The van der Waals surface area contributed by atoms with Crippen LogP contribution in [0.15, 0.2) is 0 Å². The van der Waals surface area contributed by atoms with Gasteiger partial charge in [-0.05, 0) is 12.8 Å². The van der Waals surface area contributed by atoms with E-state index in [2.05, 4.69) is 5.32 Å². The summed E-state index contributed by atoms with van der Waals surface area (Å²) in [6.45, 7) is 5.33. The standard InChI is InChI=1S/C6H12ClNO2.ClH/c1-4(2)6(3,7)8-5(9)10;/h4,8H,1-3H3,(H,9,10);1H. The number of carboxylic acid groups (broad SMARTS) is 1. The Labute approximate surface area is 77.5 Å². The molecular formula is C6H13Cl2NO2. The van der Waals surface area contributed by atoms with Gasteiger partial charge in [-0.15, -0.1) is 12.4 Å². The summed E-state index contributed by atoms with van der Waals surface area (Å²) in [4.78, 5) is 9.27. The smallest absolute Gasteiger partial charge is 0.406 e. The summed E-state index contributed by atoms with van der Waals surface area (Å²) in [5.74, 6) is 0.0743. The Bertz CT molecular complexity index is 137. The van der Waals surface area contributed by atoms with Gasteiger partial charge in [-0.2, -0.15) is 0 Å².